The number of benzene rings is 2. The van der Waals surface area contributed by atoms with Crippen LogP contribution in [0.15, 0.2) is 59.4 Å². The highest BCUT2D eigenvalue weighted by Gasteiger charge is 2.16. The largest absolute Gasteiger partial charge is 0.290 e. The number of hydrazine groups is 1. The molecule has 3 aromatic rings. The van der Waals surface area contributed by atoms with Gasteiger partial charge in [-0.15, -0.1) is 11.8 Å². The molecule has 8 heteroatoms. The van der Waals surface area contributed by atoms with Crippen molar-refractivity contribution >= 4 is 34.3 Å². The van der Waals surface area contributed by atoms with Crippen LogP contribution in [0.3, 0.4) is 0 Å². The first-order valence-corrected chi connectivity index (χ1v) is 9.96. The number of thioether (sulfide) groups is 1. The van der Waals surface area contributed by atoms with Gasteiger partial charge in [-0.05, 0) is 18.6 Å². The lowest BCUT2D eigenvalue weighted by Crippen LogP contribution is -2.43. The maximum atomic E-state index is 12.5. The Labute approximate surface area is 166 Å². The first-order valence-electron chi connectivity index (χ1n) is 8.81. The Balaban J connectivity index is 1.62. The van der Waals surface area contributed by atoms with Gasteiger partial charge in [0.1, 0.15) is 0 Å². The van der Waals surface area contributed by atoms with Gasteiger partial charge in [0.15, 0.2) is 5.69 Å². The summed E-state index contributed by atoms with van der Waals surface area (Å²) in [5, 5.41) is 4.99. The fourth-order valence-electron chi connectivity index (χ4n) is 2.67. The van der Waals surface area contributed by atoms with Crippen LogP contribution in [-0.2, 0) is 17.1 Å². The van der Waals surface area contributed by atoms with Gasteiger partial charge >= 0.3 is 0 Å². The van der Waals surface area contributed by atoms with E-state index in [0.717, 1.165) is 5.56 Å². The van der Waals surface area contributed by atoms with Gasteiger partial charge in [-0.25, -0.2) is 4.68 Å². The number of aryl methyl sites for hydroxylation is 1. The van der Waals surface area contributed by atoms with Gasteiger partial charge in [-0.3, -0.25) is 25.2 Å². The van der Waals surface area contributed by atoms with Gasteiger partial charge in [0.25, 0.3) is 11.5 Å². The Hall–Kier alpha value is -3.13. The van der Waals surface area contributed by atoms with Crippen LogP contribution in [0.25, 0.3) is 10.8 Å². The Kier molecular flexibility index (Phi) is 6.44. The number of hydrogen-bond acceptors (Lipinski definition) is 5. The topological polar surface area (TPSA) is 93.1 Å². The third kappa shape index (κ3) is 4.58. The molecule has 7 nitrogen and oxygen atoms in total. The van der Waals surface area contributed by atoms with Crippen molar-refractivity contribution in [2.75, 3.05) is 5.75 Å². The quantitative estimate of drug-likeness (QED) is 0.623. The summed E-state index contributed by atoms with van der Waals surface area (Å²) >= 11 is 1.45. The van der Waals surface area contributed by atoms with Gasteiger partial charge in [0.05, 0.1) is 11.1 Å². The fraction of sp³-hybridized carbons (Fsp3) is 0.200. The molecule has 0 atom stereocenters. The lowest BCUT2D eigenvalue weighted by atomic mass is 10.1. The number of rotatable bonds is 6. The molecule has 0 aliphatic carbocycles. The standard InChI is InChI=1S/C20H20N4O3S/c1-2-24-20(27)16-11-7-6-10-15(16)18(23-24)19(26)22-21-17(25)13-28-12-14-8-4-3-5-9-14/h3-11H,2,12-13H2,1H3,(H,21,25)(H,22,26). The van der Waals surface area contributed by atoms with Crippen molar-refractivity contribution < 1.29 is 9.59 Å². The molecule has 0 aliphatic rings. The van der Waals surface area contributed by atoms with Crippen molar-refractivity contribution in [2.45, 2.75) is 19.2 Å². The van der Waals surface area contributed by atoms with E-state index in [1.165, 1.54) is 16.4 Å². The average molecular weight is 396 g/mol. The second-order valence-corrected chi connectivity index (χ2v) is 6.98. The Morgan fingerprint density at radius 3 is 2.39 bits per heavy atom. The molecule has 0 saturated heterocycles. The maximum Gasteiger partial charge on any atom is 0.290 e. The molecule has 0 radical (unpaired) electrons. The molecule has 0 aliphatic heterocycles. The summed E-state index contributed by atoms with van der Waals surface area (Å²) in [5.74, 6) is 0.0235. The van der Waals surface area contributed by atoms with Crippen LogP contribution < -0.4 is 16.4 Å². The zero-order valence-electron chi connectivity index (χ0n) is 15.3. The first-order chi connectivity index (χ1) is 13.6. The van der Waals surface area contributed by atoms with Crippen LogP contribution in [0.5, 0.6) is 0 Å². The van der Waals surface area contributed by atoms with E-state index in [2.05, 4.69) is 16.0 Å². The highest BCUT2D eigenvalue weighted by Crippen LogP contribution is 2.13. The molecule has 0 bridgehead atoms. The van der Waals surface area contributed by atoms with Crippen molar-refractivity contribution in [3.05, 3.63) is 76.2 Å². The second kappa shape index (κ2) is 9.18. The number of hydrogen-bond donors (Lipinski definition) is 2. The van der Waals surface area contributed by atoms with Crippen molar-refractivity contribution in [3.63, 3.8) is 0 Å². The molecular formula is C20H20N4O3S. The molecular weight excluding hydrogens is 376 g/mol. The SMILES string of the molecule is CCn1nc(C(=O)NNC(=O)CSCc2ccccc2)c2ccccc2c1=O. The summed E-state index contributed by atoms with van der Waals surface area (Å²) in [6.07, 6.45) is 0. The third-order valence-corrected chi connectivity index (χ3v) is 5.05. The van der Waals surface area contributed by atoms with Gasteiger partial charge in [-0.2, -0.15) is 5.10 Å². The number of nitrogens with zero attached hydrogens (tertiary/aromatic N) is 2. The van der Waals surface area contributed by atoms with Crippen LogP contribution in [0.1, 0.15) is 23.0 Å². The summed E-state index contributed by atoms with van der Waals surface area (Å²) < 4.78 is 1.23. The molecule has 0 fully saturated rings. The van der Waals surface area contributed by atoms with E-state index >= 15 is 0 Å². The zero-order chi connectivity index (χ0) is 19.9. The summed E-state index contributed by atoms with van der Waals surface area (Å²) in [7, 11) is 0. The summed E-state index contributed by atoms with van der Waals surface area (Å²) in [6.45, 7) is 2.11. The molecule has 0 saturated carbocycles. The van der Waals surface area contributed by atoms with E-state index in [9.17, 15) is 14.4 Å². The maximum absolute atomic E-state index is 12.5. The molecule has 144 valence electrons. The molecule has 0 spiro atoms. The summed E-state index contributed by atoms with van der Waals surface area (Å²) in [4.78, 5) is 36.8. The van der Waals surface area contributed by atoms with Crippen LogP contribution in [0.4, 0.5) is 0 Å². The molecule has 1 heterocycles. The van der Waals surface area contributed by atoms with Crippen molar-refractivity contribution in [1.29, 1.82) is 0 Å². The monoisotopic (exact) mass is 396 g/mol. The van der Waals surface area contributed by atoms with E-state index in [1.807, 2.05) is 30.3 Å². The zero-order valence-corrected chi connectivity index (χ0v) is 16.2. The predicted molar refractivity (Wildman–Crippen MR) is 110 cm³/mol. The third-order valence-electron chi connectivity index (χ3n) is 4.04. The van der Waals surface area contributed by atoms with Gasteiger partial charge in [0.2, 0.25) is 5.91 Å². The minimum absolute atomic E-state index is 0.0919. The van der Waals surface area contributed by atoms with Crippen molar-refractivity contribution in [2.24, 2.45) is 0 Å². The summed E-state index contributed by atoms with van der Waals surface area (Å²) in [6, 6.07) is 16.6. The van der Waals surface area contributed by atoms with E-state index < -0.39 is 5.91 Å². The van der Waals surface area contributed by atoms with E-state index in [-0.39, 0.29) is 22.9 Å². The molecule has 1 aromatic heterocycles. The molecule has 28 heavy (non-hydrogen) atoms. The average Bonchev–Trinajstić information content (AvgIpc) is 2.73. The highest BCUT2D eigenvalue weighted by molar-refractivity contribution is 7.99. The van der Waals surface area contributed by atoms with Gasteiger partial charge < -0.3 is 0 Å². The highest BCUT2D eigenvalue weighted by atomic mass is 32.2. The van der Waals surface area contributed by atoms with Crippen molar-refractivity contribution in [3.8, 4) is 0 Å². The Morgan fingerprint density at radius 1 is 1.00 bits per heavy atom. The van der Waals surface area contributed by atoms with E-state index in [0.29, 0.717) is 23.1 Å². The Morgan fingerprint density at radius 2 is 1.68 bits per heavy atom. The van der Waals surface area contributed by atoms with Gasteiger partial charge in [-0.1, -0.05) is 48.5 Å². The molecule has 2 N–H and O–H groups in total. The predicted octanol–water partition coefficient (Wildman–Crippen LogP) is 2.11. The lowest BCUT2D eigenvalue weighted by Gasteiger charge is -2.11. The molecule has 3 rings (SSSR count). The number of amides is 2. The van der Waals surface area contributed by atoms with Crippen LogP contribution in [-0.4, -0.2) is 27.3 Å². The van der Waals surface area contributed by atoms with E-state index in [1.54, 1.807) is 31.2 Å². The molecule has 0 unspecified atom stereocenters. The van der Waals surface area contributed by atoms with E-state index in [4.69, 9.17) is 0 Å². The summed E-state index contributed by atoms with van der Waals surface area (Å²) in [5.41, 5.74) is 5.74. The molecule has 2 aromatic carbocycles. The van der Waals surface area contributed by atoms with Gasteiger partial charge in [0, 0.05) is 17.7 Å². The number of carbonyl (C=O) groups excluding carboxylic acids is 2. The minimum Gasteiger partial charge on any atom is -0.272 e. The first kappa shape index (κ1) is 19.6. The minimum atomic E-state index is -0.570. The Bertz CT molecular complexity index is 1050. The van der Waals surface area contributed by atoms with Crippen LogP contribution in [0, 0.1) is 0 Å². The number of carbonyl (C=O) groups is 2. The lowest BCUT2D eigenvalue weighted by molar-refractivity contribution is -0.119. The van der Waals surface area contributed by atoms with Crippen LogP contribution >= 0.6 is 11.8 Å². The smallest absolute Gasteiger partial charge is 0.272 e. The number of nitrogens with one attached hydrogen (secondary N) is 2. The van der Waals surface area contributed by atoms with Crippen LogP contribution in [0.2, 0.25) is 0 Å². The number of fused-ring (bicyclic) bond motifs is 1. The van der Waals surface area contributed by atoms with Crippen molar-refractivity contribution in [1.82, 2.24) is 20.6 Å². The fourth-order valence-corrected chi connectivity index (χ4v) is 3.46. The normalized spacial score (nSPS) is 10.6. The number of aromatic nitrogens is 2. The molecule has 2 amide bonds. The second-order valence-electron chi connectivity index (χ2n) is 6.00.